The van der Waals surface area contributed by atoms with Gasteiger partial charge in [-0.2, -0.15) is 5.10 Å². The largest absolute Gasteiger partial charge is 0.392 e. The summed E-state index contributed by atoms with van der Waals surface area (Å²) in [6, 6.07) is 0. The Bertz CT molecular complexity index is 535. The first-order valence-electron chi connectivity index (χ1n) is 7.17. The molecule has 2 rings (SSSR count). The first-order valence-corrected chi connectivity index (χ1v) is 7.58. The van der Waals surface area contributed by atoms with Gasteiger partial charge in [0.1, 0.15) is 5.41 Å². The van der Waals surface area contributed by atoms with Crippen LogP contribution in [-0.2, 0) is 29.5 Å². The molecule has 1 amide bonds. The Balaban J connectivity index is 2.07. The lowest BCUT2D eigenvalue weighted by Gasteiger charge is -2.34. The van der Waals surface area contributed by atoms with E-state index in [1.165, 1.54) is 0 Å². The molecule has 0 atom stereocenters. The van der Waals surface area contributed by atoms with Gasteiger partial charge in [0.25, 0.3) is 0 Å². The van der Waals surface area contributed by atoms with Gasteiger partial charge in [0.15, 0.2) is 0 Å². The van der Waals surface area contributed by atoms with Crippen LogP contribution in [0.3, 0.4) is 0 Å². The van der Waals surface area contributed by atoms with Crippen molar-refractivity contribution >= 4 is 23.1 Å². The summed E-state index contributed by atoms with van der Waals surface area (Å²) in [6.07, 6.45) is 3.85. The lowest BCUT2D eigenvalue weighted by molar-refractivity contribution is -0.131. The standard InChI is InChI=1S/C14H22N4O2S/c1-3-11-10(9-18(2)17-11)8-16-13(19)14(12(15)21)4-6-20-7-5-14/h9H,3-8H2,1-2H3,(H2,15,21)(H,16,19). The third kappa shape index (κ3) is 3.24. The smallest absolute Gasteiger partial charge is 0.233 e. The number of carbonyl (C=O) groups excluding carboxylic acids is 1. The number of carbonyl (C=O) groups is 1. The zero-order chi connectivity index (χ0) is 15.5. The molecule has 6 nitrogen and oxygen atoms in total. The number of nitrogens with one attached hydrogen (secondary N) is 1. The minimum atomic E-state index is -0.776. The number of ether oxygens (including phenoxy) is 1. The molecule has 1 aliphatic rings. The third-order valence-electron chi connectivity index (χ3n) is 4.02. The number of amides is 1. The van der Waals surface area contributed by atoms with Gasteiger partial charge in [0.2, 0.25) is 5.91 Å². The minimum absolute atomic E-state index is 0.107. The van der Waals surface area contributed by atoms with E-state index in [9.17, 15) is 4.79 Å². The molecule has 0 aromatic carbocycles. The molecule has 0 unspecified atom stereocenters. The first-order chi connectivity index (χ1) is 9.99. The molecule has 1 fully saturated rings. The van der Waals surface area contributed by atoms with Crippen molar-refractivity contribution in [2.45, 2.75) is 32.7 Å². The van der Waals surface area contributed by atoms with E-state index in [4.69, 9.17) is 22.7 Å². The monoisotopic (exact) mass is 310 g/mol. The van der Waals surface area contributed by atoms with Crippen molar-refractivity contribution in [3.63, 3.8) is 0 Å². The van der Waals surface area contributed by atoms with Crippen molar-refractivity contribution in [2.75, 3.05) is 13.2 Å². The number of hydrogen-bond acceptors (Lipinski definition) is 4. The number of nitrogens with zero attached hydrogens (tertiary/aromatic N) is 2. The summed E-state index contributed by atoms with van der Waals surface area (Å²) in [5, 5.41) is 7.33. The van der Waals surface area contributed by atoms with Gasteiger partial charge in [-0.25, -0.2) is 0 Å². The molecule has 0 aliphatic carbocycles. The number of rotatable bonds is 5. The lowest BCUT2D eigenvalue weighted by atomic mass is 9.79. The predicted molar refractivity (Wildman–Crippen MR) is 83.7 cm³/mol. The molecule has 1 aromatic rings. The quantitative estimate of drug-likeness (QED) is 0.782. The van der Waals surface area contributed by atoms with Gasteiger partial charge in [0, 0.05) is 38.6 Å². The van der Waals surface area contributed by atoms with Gasteiger partial charge in [0.05, 0.1) is 10.7 Å². The highest BCUT2D eigenvalue weighted by atomic mass is 32.1. The zero-order valence-corrected chi connectivity index (χ0v) is 13.3. The SMILES string of the molecule is CCc1nn(C)cc1CNC(=O)C1(C(N)=S)CCOCC1. The van der Waals surface area contributed by atoms with Crippen LogP contribution in [0.4, 0.5) is 0 Å². The maximum Gasteiger partial charge on any atom is 0.233 e. The second-order valence-electron chi connectivity index (χ2n) is 5.37. The Morgan fingerprint density at radius 1 is 1.57 bits per heavy atom. The molecule has 1 aromatic heterocycles. The second-order valence-corrected chi connectivity index (χ2v) is 5.81. The first kappa shape index (κ1) is 15.9. The molecule has 1 aliphatic heterocycles. The Labute approximate surface area is 130 Å². The van der Waals surface area contributed by atoms with Crippen LogP contribution in [0.25, 0.3) is 0 Å². The molecule has 0 radical (unpaired) electrons. The fourth-order valence-electron chi connectivity index (χ4n) is 2.68. The Hall–Kier alpha value is -1.47. The average Bonchev–Trinajstić information content (AvgIpc) is 2.85. The number of aryl methyl sites for hydroxylation is 2. The maximum atomic E-state index is 12.6. The fourth-order valence-corrected chi connectivity index (χ4v) is 2.98. The van der Waals surface area contributed by atoms with Crippen LogP contribution in [0.1, 0.15) is 31.0 Å². The van der Waals surface area contributed by atoms with Gasteiger partial charge in [-0.3, -0.25) is 9.48 Å². The van der Waals surface area contributed by atoms with Gasteiger partial charge in [-0.1, -0.05) is 19.1 Å². The van der Waals surface area contributed by atoms with Crippen LogP contribution in [0.15, 0.2) is 6.20 Å². The van der Waals surface area contributed by atoms with Crippen molar-refractivity contribution in [3.8, 4) is 0 Å². The summed E-state index contributed by atoms with van der Waals surface area (Å²) < 4.78 is 7.08. The van der Waals surface area contributed by atoms with Gasteiger partial charge in [-0.15, -0.1) is 0 Å². The van der Waals surface area contributed by atoms with Gasteiger partial charge in [-0.05, 0) is 19.3 Å². The minimum Gasteiger partial charge on any atom is -0.392 e. The summed E-state index contributed by atoms with van der Waals surface area (Å²) in [6.45, 7) is 3.51. The predicted octanol–water partition coefficient (Wildman–Crippen LogP) is 0.682. The average molecular weight is 310 g/mol. The Morgan fingerprint density at radius 3 is 2.81 bits per heavy atom. The number of nitrogens with two attached hydrogens (primary N) is 1. The van der Waals surface area contributed by atoms with Crippen LogP contribution >= 0.6 is 12.2 Å². The van der Waals surface area contributed by atoms with Crippen LogP contribution in [0.2, 0.25) is 0 Å². The highest BCUT2D eigenvalue weighted by Crippen LogP contribution is 2.31. The van der Waals surface area contributed by atoms with Crippen molar-refractivity contribution in [2.24, 2.45) is 18.2 Å². The summed E-state index contributed by atoms with van der Waals surface area (Å²) in [5.41, 5.74) is 7.08. The van der Waals surface area contributed by atoms with E-state index in [-0.39, 0.29) is 10.9 Å². The summed E-state index contributed by atoms with van der Waals surface area (Å²) in [5.74, 6) is -0.107. The summed E-state index contributed by atoms with van der Waals surface area (Å²) >= 11 is 5.13. The van der Waals surface area contributed by atoms with E-state index < -0.39 is 5.41 Å². The number of thiocarbonyl (C=S) groups is 1. The van der Waals surface area contributed by atoms with E-state index in [1.807, 2.05) is 20.2 Å². The highest BCUT2D eigenvalue weighted by Gasteiger charge is 2.42. The molecule has 0 bridgehead atoms. The normalized spacial score (nSPS) is 17.4. The van der Waals surface area contributed by atoms with E-state index >= 15 is 0 Å². The highest BCUT2D eigenvalue weighted by molar-refractivity contribution is 7.80. The van der Waals surface area contributed by atoms with Crippen molar-refractivity contribution in [1.82, 2.24) is 15.1 Å². The van der Waals surface area contributed by atoms with Crippen LogP contribution in [-0.4, -0.2) is 33.9 Å². The van der Waals surface area contributed by atoms with Crippen molar-refractivity contribution in [3.05, 3.63) is 17.5 Å². The molecule has 0 saturated carbocycles. The summed E-state index contributed by atoms with van der Waals surface area (Å²) in [4.78, 5) is 12.8. The molecule has 7 heteroatoms. The van der Waals surface area contributed by atoms with E-state index in [1.54, 1.807) is 4.68 Å². The van der Waals surface area contributed by atoms with Crippen LogP contribution in [0, 0.1) is 5.41 Å². The van der Waals surface area contributed by atoms with Crippen LogP contribution < -0.4 is 11.1 Å². The number of aromatic nitrogens is 2. The summed E-state index contributed by atoms with van der Waals surface area (Å²) in [7, 11) is 1.87. The molecular weight excluding hydrogens is 288 g/mol. The molecule has 0 spiro atoms. The van der Waals surface area contributed by atoms with E-state index in [0.717, 1.165) is 17.7 Å². The van der Waals surface area contributed by atoms with Crippen molar-refractivity contribution < 1.29 is 9.53 Å². The zero-order valence-electron chi connectivity index (χ0n) is 12.5. The fraction of sp³-hybridized carbons (Fsp3) is 0.643. The second kappa shape index (κ2) is 6.53. The van der Waals surface area contributed by atoms with Crippen LogP contribution in [0.5, 0.6) is 0 Å². The Morgan fingerprint density at radius 2 is 2.24 bits per heavy atom. The lowest BCUT2D eigenvalue weighted by Crippen LogP contribution is -2.51. The van der Waals surface area contributed by atoms with E-state index in [0.29, 0.717) is 32.6 Å². The molecule has 1 saturated heterocycles. The topological polar surface area (TPSA) is 82.2 Å². The molecular formula is C14H22N4O2S. The molecule has 116 valence electrons. The maximum absolute atomic E-state index is 12.6. The van der Waals surface area contributed by atoms with Gasteiger partial charge < -0.3 is 15.8 Å². The Kier molecular flexibility index (Phi) is 4.95. The number of hydrogen-bond donors (Lipinski definition) is 2. The van der Waals surface area contributed by atoms with Crippen molar-refractivity contribution in [1.29, 1.82) is 0 Å². The van der Waals surface area contributed by atoms with E-state index in [2.05, 4.69) is 10.4 Å². The third-order valence-corrected chi connectivity index (χ3v) is 4.41. The molecule has 21 heavy (non-hydrogen) atoms. The van der Waals surface area contributed by atoms with Gasteiger partial charge >= 0.3 is 0 Å². The molecule has 3 N–H and O–H groups in total. The molecule has 2 heterocycles.